The third-order valence-corrected chi connectivity index (χ3v) is 5.91. The van der Waals surface area contributed by atoms with E-state index in [0.717, 1.165) is 0 Å². The summed E-state index contributed by atoms with van der Waals surface area (Å²) in [5, 5.41) is 2.78. The molecule has 3 aromatic rings. The molecule has 2 aromatic carbocycles. The van der Waals surface area contributed by atoms with E-state index < -0.39 is 18.2 Å². The topological polar surface area (TPSA) is 64.1 Å². The Balaban J connectivity index is 1.77. The molecule has 172 valence electrons. The van der Waals surface area contributed by atoms with Crippen LogP contribution in [0.15, 0.2) is 42.6 Å². The van der Waals surface area contributed by atoms with Crippen LogP contribution in [0.4, 0.5) is 19.1 Å². The van der Waals surface area contributed by atoms with Gasteiger partial charge in [0.15, 0.2) is 0 Å². The van der Waals surface area contributed by atoms with Crippen molar-refractivity contribution in [1.82, 2.24) is 9.97 Å². The number of carbonyl (C=O) groups is 1. The van der Waals surface area contributed by atoms with E-state index in [4.69, 9.17) is 39.5 Å². The smallest absolute Gasteiger partial charge is 0.432 e. The number of rotatable bonds is 4. The van der Waals surface area contributed by atoms with Crippen molar-refractivity contribution in [3.63, 3.8) is 0 Å². The number of ether oxygens (including phenoxy) is 1. The number of fused-ring (bicyclic) bond motifs is 1. The fourth-order valence-corrected chi connectivity index (χ4v) is 4.35. The number of nitrogens with zero attached hydrogens (tertiary/aromatic N) is 2. The molecule has 1 N–H and O–H groups in total. The molecule has 0 bridgehead atoms. The number of aromatic nitrogens is 2. The van der Waals surface area contributed by atoms with Gasteiger partial charge in [-0.15, -0.1) is 0 Å². The largest absolute Gasteiger partial charge is 0.472 e. The number of amides is 1. The van der Waals surface area contributed by atoms with Gasteiger partial charge in [-0.05, 0) is 42.0 Å². The summed E-state index contributed by atoms with van der Waals surface area (Å²) in [4.78, 5) is 19.9. The Kier molecular flexibility index (Phi) is 6.20. The van der Waals surface area contributed by atoms with Crippen LogP contribution in [0, 0.1) is 0 Å². The second-order valence-corrected chi connectivity index (χ2v) is 8.65. The van der Waals surface area contributed by atoms with Crippen LogP contribution in [0.3, 0.4) is 0 Å². The maximum atomic E-state index is 14.4. The number of nitrogens with one attached hydrogen (secondary N) is 1. The molecule has 11 heteroatoms. The van der Waals surface area contributed by atoms with Crippen LogP contribution < -0.4 is 10.1 Å². The molecule has 1 aliphatic heterocycles. The van der Waals surface area contributed by atoms with Gasteiger partial charge in [-0.1, -0.05) is 41.7 Å². The average Bonchev–Trinajstić information content (AvgIpc) is 3.12. The molecule has 1 atom stereocenters. The van der Waals surface area contributed by atoms with E-state index in [-0.39, 0.29) is 50.2 Å². The maximum Gasteiger partial charge on any atom is 0.432 e. The van der Waals surface area contributed by atoms with Crippen molar-refractivity contribution in [3.8, 4) is 17.0 Å². The van der Waals surface area contributed by atoms with Crippen molar-refractivity contribution in [2.45, 2.75) is 31.5 Å². The summed E-state index contributed by atoms with van der Waals surface area (Å²) in [5.41, 5.74) is -1.92. The molecule has 5 nitrogen and oxygen atoms in total. The number of alkyl halides is 3. The SMILES string of the molecule is CCC(=O)Nc1nccc(-c2cc3c(cc2Cl)OC(c2cc(Cl)cc(Cl)c2)(C(F)(F)F)C3)n1. The van der Waals surface area contributed by atoms with Crippen molar-refractivity contribution in [2.75, 3.05) is 5.32 Å². The second kappa shape index (κ2) is 8.66. The Hall–Kier alpha value is -2.55. The van der Waals surface area contributed by atoms with Crippen LogP contribution in [0.5, 0.6) is 5.75 Å². The zero-order valence-electron chi connectivity index (χ0n) is 16.9. The van der Waals surface area contributed by atoms with Crippen molar-refractivity contribution in [1.29, 1.82) is 0 Å². The van der Waals surface area contributed by atoms with E-state index in [1.165, 1.54) is 36.5 Å². The quantitative estimate of drug-likeness (QED) is 0.412. The molecule has 1 aromatic heterocycles. The average molecular weight is 517 g/mol. The van der Waals surface area contributed by atoms with Crippen molar-refractivity contribution in [3.05, 3.63) is 68.8 Å². The molecule has 0 saturated carbocycles. The third kappa shape index (κ3) is 4.47. The lowest BCUT2D eigenvalue weighted by molar-refractivity contribution is -0.248. The number of anilines is 1. The molecule has 2 heterocycles. The predicted octanol–water partition coefficient (Wildman–Crippen LogP) is 6.85. The molecular weight excluding hydrogens is 502 g/mol. The highest BCUT2D eigenvalue weighted by atomic mass is 35.5. The van der Waals surface area contributed by atoms with Crippen molar-refractivity contribution >= 4 is 46.7 Å². The molecule has 0 saturated heterocycles. The van der Waals surface area contributed by atoms with Gasteiger partial charge in [0.2, 0.25) is 17.5 Å². The fraction of sp³-hybridized carbons (Fsp3) is 0.227. The molecule has 0 radical (unpaired) electrons. The van der Waals surface area contributed by atoms with Crippen LogP contribution in [-0.4, -0.2) is 22.1 Å². The molecule has 1 unspecified atom stereocenters. The summed E-state index contributed by atoms with van der Waals surface area (Å²) < 4.78 is 48.6. The lowest BCUT2D eigenvalue weighted by atomic mass is 9.88. The van der Waals surface area contributed by atoms with Crippen LogP contribution in [0.25, 0.3) is 11.3 Å². The van der Waals surface area contributed by atoms with E-state index in [1.807, 2.05) is 0 Å². The lowest BCUT2D eigenvalue weighted by Crippen LogP contribution is -2.46. The van der Waals surface area contributed by atoms with E-state index in [1.54, 1.807) is 13.0 Å². The van der Waals surface area contributed by atoms with Gasteiger partial charge in [-0.25, -0.2) is 9.97 Å². The summed E-state index contributed by atoms with van der Waals surface area (Å²) in [7, 11) is 0. The van der Waals surface area contributed by atoms with E-state index >= 15 is 0 Å². The Bertz CT molecular complexity index is 1230. The monoisotopic (exact) mass is 515 g/mol. The Labute approximate surface area is 201 Å². The van der Waals surface area contributed by atoms with Crippen LogP contribution >= 0.6 is 34.8 Å². The summed E-state index contributed by atoms with van der Waals surface area (Å²) in [6, 6.07) is 8.06. The first-order valence-electron chi connectivity index (χ1n) is 9.70. The summed E-state index contributed by atoms with van der Waals surface area (Å²) in [5.74, 6) is -0.230. The highest BCUT2D eigenvalue weighted by Gasteiger charge is 2.61. The van der Waals surface area contributed by atoms with Gasteiger partial charge < -0.3 is 4.74 Å². The third-order valence-electron chi connectivity index (χ3n) is 5.16. The molecule has 1 aliphatic rings. The van der Waals surface area contributed by atoms with Gasteiger partial charge in [-0.2, -0.15) is 13.2 Å². The number of hydrogen-bond donors (Lipinski definition) is 1. The van der Waals surface area contributed by atoms with Gasteiger partial charge in [0, 0.05) is 40.2 Å². The minimum atomic E-state index is -4.78. The van der Waals surface area contributed by atoms with Gasteiger partial charge in [-0.3, -0.25) is 10.1 Å². The minimum absolute atomic E-state index is 0.00858. The predicted molar refractivity (Wildman–Crippen MR) is 120 cm³/mol. The highest BCUT2D eigenvalue weighted by Crippen LogP contribution is 2.53. The maximum absolute atomic E-state index is 14.4. The highest BCUT2D eigenvalue weighted by molar-refractivity contribution is 6.34. The lowest BCUT2D eigenvalue weighted by Gasteiger charge is -2.31. The first kappa shape index (κ1) is 23.6. The summed E-state index contributed by atoms with van der Waals surface area (Å²) in [6.07, 6.45) is -3.64. The van der Waals surface area contributed by atoms with Gasteiger partial charge in [0.05, 0.1) is 10.7 Å². The van der Waals surface area contributed by atoms with E-state index in [2.05, 4.69) is 15.3 Å². The zero-order valence-corrected chi connectivity index (χ0v) is 19.2. The normalized spacial score (nSPS) is 17.4. The molecule has 0 fully saturated rings. The van der Waals surface area contributed by atoms with Gasteiger partial charge >= 0.3 is 6.18 Å². The van der Waals surface area contributed by atoms with Crippen molar-refractivity contribution in [2.24, 2.45) is 0 Å². The first-order valence-corrected chi connectivity index (χ1v) is 10.8. The Morgan fingerprint density at radius 3 is 2.48 bits per heavy atom. The molecule has 0 aliphatic carbocycles. The number of carbonyl (C=O) groups excluding carboxylic acids is 1. The second-order valence-electron chi connectivity index (χ2n) is 7.37. The number of halogens is 6. The van der Waals surface area contributed by atoms with E-state index in [0.29, 0.717) is 11.3 Å². The van der Waals surface area contributed by atoms with Gasteiger partial charge in [0.25, 0.3) is 0 Å². The number of hydrogen-bond acceptors (Lipinski definition) is 4. The standard InChI is InChI=1S/C22H15Cl3F3N3O2/c1-2-19(32)31-20-29-4-3-17(30-20)15-5-11-10-21(22(26,27)28,33-18(11)9-16(15)25)12-6-13(23)8-14(24)7-12/h3-9H,2,10H2,1H3,(H,29,30,31,32). The van der Waals surface area contributed by atoms with E-state index in [9.17, 15) is 18.0 Å². The van der Waals surface area contributed by atoms with Crippen LogP contribution in [0.2, 0.25) is 15.1 Å². The molecule has 33 heavy (non-hydrogen) atoms. The van der Waals surface area contributed by atoms with Crippen molar-refractivity contribution < 1.29 is 22.7 Å². The zero-order chi connectivity index (χ0) is 24.0. The summed E-state index contributed by atoms with van der Waals surface area (Å²) in [6.45, 7) is 1.68. The van der Waals surface area contributed by atoms with Gasteiger partial charge in [0.1, 0.15) is 5.75 Å². The van der Waals surface area contributed by atoms with Crippen LogP contribution in [-0.2, 0) is 16.8 Å². The number of benzene rings is 2. The molecule has 1 amide bonds. The van der Waals surface area contributed by atoms with Crippen LogP contribution in [0.1, 0.15) is 24.5 Å². The molecule has 0 spiro atoms. The summed E-state index contributed by atoms with van der Waals surface area (Å²) >= 11 is 18.3. The minimum Gasteiger partial charge on any atom is -0.472 e. The Morgan fingerprint density at radius 2 is 1.85 bits per heavy atom. The molecular formula is C22H15Cl3F3N3O2. The molecule has 4 rings (SSSR count). The first-order chi connectivity index (χ1) is 15.5. The Morgan fingerprint density at radius 1 is 1.15 bits per heavy atom. The fourth-order valence-electron chi connectivity index (χ4n) is 3.57.